The Morgan fingerprint density at radius 2 is 1.85 bits per heavy atom. The molecule has 2 aliphatic heterocycles. The highest BCUT2D eigenvalue weighted by molar-refractivity contribution is 6.30. The average molecular weight is 577 g/mol. The standard InChI is InChI=1S/C31H31Cl2N5O2/c32-24-5-3-22(4-6-24)2-1-12-36-13-10-29-27(21-36)26-19-25(37-14-16-40-17-15-37)7-8-28(26)38(29)31(39)35-20-23-9-11-34-30(33)18-23/h1-9,11,18-19H,10,12-17,20-21H2,(H,35,39)/b2-1+. The lowest BCUT2D eigenvalue weighted by molar-refractivity contribution is 0.122. The van der Waals surface area contributed by atoms with Gasteiger partial charge in [0.05, 0.1) is 18.7 Å². The van der Waals surface area contributed by atoms with Gasteiger partial charge in [0.15, 0.2) is 0 Å². The van der Waals surface area contributed by atoms with Crippen LogP contribution in [0.5, 0.6) is 0 Å². The zero-order valence-corrected chi connectivity index (χ0v) is 23.7. The Labute approximate surface area is 243 Å². The number of amides is 1. The Kier molecular flexibility index (Phi) is 8.07. The van der Waals surface area contributed by atoms with E-state index >= 15 is 0 Å². The lowest BCUT2D eigenvalue weighted by Gasteiger charge is -2.29. The van der Waals surface area contributed by atoms with Crippen LogP contribution in [0, 0.1) is 0 Å². The number of fused-ring (bicyclic) bond motifs is 3. The predicted octanol–water partition coefficient (Wildman–Crippen LogP) is 6.01. The van der Waals surface area contributed by atoms with Crippen molar-refractivity contribution in [3.05, 3.63) is 99.4 Å². The molecule has 1 amide bonds. The summed E-state index contributed by atoms with van der Waals surface area (Å²) in [6.45, 7) is 6.05. The largest absolute Gasteiger partial charge is 0.378 e. The van der Waals surface area contributed by atoms with Gasteiger partial charge in [-0.3, -0.25) is 9.47 Å². The van der Waals surface area contributed by atoms with Crippen molar-refractivity contribution in [3.63, 3.8) is 0 Å². The molecule has 2 aliphatic rings. The highest BCUT2D eigenvalue weighted by Gasteiger charge is 2.27. The normalized spacial score (nSPS) is 16.0. The van der Waals surface area contributed by atoms with Crippen molar-refractivity contribution in [3.8, 4) is 0 Å². The second-order valence-corrected chi connectivity index (χ2v) is 11.0. The summed E-state index contributed by atoms with van der Waals surface area (Å²) in [4.78, 5) is 22.4. The molecule has 4 heterocycles. The van der Waals surface area contributed by atoms with Crippen molar-refractivity contribution in [2.45, 2.75) is 19.5 Å². The minimum atomic E-state index is -0.130. The fourth-order valence-electron chi connectivity index (χ4n) is 5.53. The fraction of sp³-hybridized carbons (Fsp3) is 0.290. The molecule has 0 spiro atoms. The van der Waals surface area contributed by atoms with E-state index in [0.29, 0.717) is 11.7 Å². The quantitative estimate of drug-likeness (QED) is 0.285. The maximum atomic E-state index is 13.6. The van der Waals surface area contributed by atoms with Gasteiger partial charge >= 0.3 is 6.03 Å². The maximum Gasteiger partial charge on any atom is 0.326 e. The summed E-state index contributed by atoms with van der Waals surface area (Å²) in [7, 11) is 0. The molecule has 0 aliphatic carbocycles. The third-order valence-corrected chi connectivity index (χ3v) is 8.03. The van der Waals surface area contributed by atoms with Gasteiger partial charge in [-0.2, -0.15) is 0 Å². The SMILES string of the molecule is O=C(NCc1ccnc(Cl)c1)n1c2c(c3cc(N4CCOCC4)ccc31)CN(C/C=C/c1ccc(Cl)cc1)CC2. The van der Waals surface area contributed by atoms with E-state index in [0.717, 1.165) is 85.1 Å². The van der Waals surface area contributed by atoms with Crippen LogP contribution in [0.15, 0.2) is 66.9 Å². The fourth-order valence-corrected chi connectivity index (χ4v) is 5.85. The van der Waals surface area contributed by atoms with E-state index in [-0.39, 0.29) is 6.03 Å². The van der Waals surface area contributed by atoms with E-state index in [4.69, 9.17) is 27.9 Å². The molecule has 1 fully saturated rings. The van der Waals surface area contributed by atoms with Crippen molar-refractivity contribution in [1.29, 1.82) is 0 Å². The number of ether oxygens (including phenoxy) is 1. The number of halogens is 2. The number of anilines is 1. The summed E-state index contributed by atoms with van der Waals surface area (Å²) in [5, 5.41) is 5.38. The van der Waals surface area contributed by atoms with Crippen LogP contribution in [0.4, 0.5) is 10.5 Å². The van der Waals surface area contributed by atoms with E-state index in [2.05, 4.69) is 50.5 Å². The molecular weight excluding hydrogens is 545 g/mol. The Morgan fingerprint density at radius 3 is 2.65 bits per heavy atom. The first kappa shape index (κ1) is 26.8. The van der Waals surface area contributed by atoms with Gasteiger partial charge in [0, 0.05) is 73.7 Å². The van der Waals surface area contributed by atoms with Crippen molar-refractivity contribution in [1.82, 2.24) is 19.8 Å². The van der Waals surface area contributed by atoms with Crippen LogP contribution in [0.25, 0.3) is 17.0 Å². The first-order valence-electron chi connectivity index (χ1n) is 13.6. The molecule has 0 radical (unpaired) electrons. The van der Waals surface area contributed by atoms with Crippen LogP contribution in [-0.4, -0.2) is 59.9 Å². The number of hydrogen-bond donors (Lipinski definition) is 1. The number of nitrogens with one attached hydrogen (secondary N) is 1. The predicted molar refractivity (Wildman–Crippen MR) is 161 cm³/mol. The van der Waals surface area contributed by atoms with Crippen LogP contribution >= 0.6 is 23.2 Å². The monoisotopic (exact) mass is 575 g/mol. The number of benzene rings is 2. The van der Waals surface area contributed by atoms with Gasteiger partial charge in [0.2, 0.25) is 0 Å². The number of rotatable bonds is 6. The molecule has 206 valence electrons. The number of aromatic nitrogens is 2. The third-order valence-electron chi connectivity index (χ3n) is 7.57. The molecule has 40 heavy (non-hydrogen) atoms. The number of carbonyl (C=O) groups excluding carboxylic acids is 1. The van der Waals surface area contributed by atoms with Crippen molar-refractivity contribution >= 4 is 51.9 Å². The zero-order valence-electron chi connectivity index (χ0n) is 22.2. The van der Waals surface area contributed by atoms with Gasteiger partial charge in [-0.15, -0.1) is 0 Å². The topological polar surface area (TPSA) is 62.6 Å². The third kappa shape index (κ3) is 5.88. The van der Waals surface area contributed by atoms with Gasteiger partial charge in [-0.25, -0.2) is 9.78 Å². The first-order chi connectivity index (χ1) is 19.5. The molecule has 2 aromatic carbocycles. The molecule has 0 unspecified atom stereocenters. The summed E-state index contributed by atoms with van der Waals surface area (Å²) < 4.78 is 7.44. The Morgan fingerprint density at radius 1 is 1.02 bits per heavy atom. The molecular formula is C31H31Cl2N5O2. The molecule has 1 saturated heterocycles. The van der Waals surface area contributed by atoms with E-state index in [1.165, 1.54) is 11.3 Å². The number of carbonyl (C=O) groups is 1. The van der Waals surface area contributed by atoms with Gasteiger partial charge in [0.1, 0.15) is 5.15 Å². The molecule has 9 heteroatoms. The molecule has 2 aromatic heterocycles. The van der Waals surface area contributed by atoms with E-state index in [9.17, 15) is 4.79 Å². The smallest absolute Gasteiger partial charge is 0.326 e. The first-order valence-corrected chi connectivity index (χ1v) is 14.3. The van der Waals surface area contributed by atoms with Gasteiger partial charge in [0.25, 0.3) is 0 Å². The summed E-state index contributed by atoms with van der Waals surface area (Å²) in [6, 6.07) is 17.8. The van der Waals surface area contributed by atoms with Crippen LogP contribution in [0.2, 0.25) is 10.2 Å². The molecule has 1 N–H and O–H groups in total. The molecule has 7 nitrogen and oxygen atoms in total. The van der Waals surface area contributed by atoms with Gasteiger partial charge in [-0.1, -0.05) is 47.5 Å². The lowest BCUT2D eigenvalue weighted by atomic mass is 10.0. The summed E-state index contributed by atoms with van der Waals surface area (Å²) >= 11 is 12.1. The van der Waals surface area contributed by atoms with Crippen LogP contribution in [-0.2, 0) is 24.2 Å². The van der Waals surface area contributed by atoms with E-state index in [1.54, 1.807) is 12.3 Å². The Balaban J connectivity index is 1.28. The molecule has 6 rings (SSSR count). The number of pyridine rings is 1. The Hall–Kier alpha value is -3.36. The highest BCUT2D eigenvalue weighted by Crippen LogP contribution is 2.34. The molecule has 0 saturated carbocycles. The molecule has 0 atom stereocenters. The van der Waals surface area contributed by atoms with Crippen molar-refractivity contribution in [2.75, 3.05) is 44.3 Å². The van der Waals surface area contributed by atoms with Crippen LogP contribution in [0.1, 0.15) is 22.4 Å². The number of morpholine rings is 1. The second-order valence-electron chi connectivity index (χ2n) is 10.1. The van der Waals surface area contributed by atoms with Crippen molar-refractivity contribution in [2.24, 2.45) is 0 Å². The second kappa shape index (κ2) is 12.0. The summed E-state index contributed by atoms with van der Waals surface area (Å²) in [5.74, 6) is 0. The average Bonchev–Trinajstić information content (AvgIpc) is 3.30. The summed E-state index contributed by atoms with van der Waals surface area (Å²) in [5.41, 5.74) is 6.44. The Bertz CT molecular complexity index is 1540. The number of hydrogen-bond acceptors (Lipinski definition) is 5. The van der Waals surface area contributed by atoms with Crippen molar-refractivity contribution < 1.29 is 9.53 Å². The molecule has 0 bridgehead atoms. The lowest BCUT2D eigenvalue weighted by Crippen LogP contribution is -2.36. The van der Waals surface area contributed by atoms with Gasteiger partial charge in [-0.05, 0) is 59.2 Å². The maximum absolute atomic E-state index is 13.6. The summed E-state index contributed by atoms with van der Waals surface area (Å²) in [6.07, 6.45) is 6.77. The van der Waals surface area contributed by atoms with E-state index in [1.807, 2.05) is 34.9 Å². The molecule has 4 aromatic rings. The highest BCUT2D eigenvalue weighted by atomic mass is 35.5. The zero-order chi connectivity index (χ0) is 27.5. The van der Waals surface area contributed by atoms with E-state index < -0.39 is 0 Å². The van der Waals surface area contributed by atoms with Gasteiger partial charge < -0.3 is 15.0 Å². The van der Waals surface area contributed by atoms with Crippen LogP contribution < -0.4 is 10.2 Å². The number of nitrogens with zero attached hydrogens (tertiary/aromatic N) is 4. The van der Waals surface area contributed by atoms with Crippen LogP contribution in [0.3, 0.4) is 0 Å². The minimum Gasteiger partial charge on any atom is -0.378 e. The minimum absolute atomic E-state index is 0.130.